The number of rotatable bonds is 1. The molecule has 0 aromatic carbocycles. The smallest absolute Gasteiger partial charge is 0.225 e. The Kier molecular flexibility index (Phi) is 2.33. The highest BCUT2D eigenvalue weighted by molar-refractivity contribution is 6.30. The first-order valence-corrected chi connectivity index (χ1v) is 4.61. The molecule has 1 aromatic rings. The summed E-state index contributed by atoms with van der Waals surface area (Å²) in [6.07, 6.45) is 4.22. The third-order valence-corrected chi connectivity index (χ3v) is 2.31. The minimum absolute atomic E-state index is 0.249. The summed E-state index contributed by atoms with van der Waals surface area (Å²) in [5.74, 6) is 0.720. The number of nitrogens with two attached hydrogens (primary N) is 1. The van der Waals surface area contributed by atoms with E-state index in [0.29, 0.717) is 5.02 Å². The molecule has 0 saturated carbocycles. The fourth-order valence-corrected chi connectivity index (χ4v) is 1.54. The molecule has 1 aliphatic heterocycles. The predicted molar refractivity (Wildman–Crippen MR) is 51.8 cm³/mol. The monoisotopic (exact) mass is 198 g/mol. The Morgan fingerprint density at radius 3 is 2.69 bits per heavy atom. The first-order chi connectivity index (χ1) is 6.25. The molecule has 1 aromatic heterocycles. The van der Waals surface area contributed by atoms with Crippen molar-refractivity contribution in [2.75, 3.05) is 18.0 Å². The van der Waals surface area contributed by atoms with Gasteiger partial charge >= 0.3 is 0 Å². The van der Waals surface area contributed by atoms with Gasteiger partial charge < -0.3 is 10.6 Å². The highest BCUT2D eigenvalue weighted by atomic mass is 35.5. The lowest BCUT2D eigenvalue weighted by molar-refractivity contribution is 0.750. The first kappa shape index (κ1) is 8.72. The van der Waals surface area contributed by atoms with Crippen LogP contribution in [0.1, 0.15) is 6.42 Å². The van der Waals surface area contributed by atoms with E-state index < -0.39 is 0 Å². The molecule has 0 spiro atoms. The van der Waals surface area contributed by atoms with Crippen molar-refractivity contribution in [1.29, 1.82) is 0 Å². The van der Waals surface area contributed by atoms with Gasteiger partial charge in [0.25, 0.3) is 0 Å². The van der Waals surface area contributed by atoms with Crippen molar-refractivity contribution in [3.63, 3.8) is 0 Å². The molecule has 0 aliphatic carbocycles. The maximum absolute atomic E-state index is 5.77. The number of aromatic nitrogens is 2. The molecule has 0 bridgehead atoms. The van der Waals surface area contributed by atoms with Crippen LogP contribution in [-0.2, 0) is 0 Å². The molecule has 1 fully saturated rings. The molecule has 1 atom stereocenters. The Morgan fingerprint density at radius 2 is 2.15 bits per heavy atom. The largest absolute Gasteiger partial charge is 0.339 e. The zero-order chi connectivity index (χ0) is 9.26. The first-order valence-electron chi connectivity index (χ1n) is 4.24. The third kappa shape index (κ3) is 1.89. The predicted octanol–water partition coefficient (Wildman–Crippen LogP) is 0.667. The summed E-state index contributed by atoms with van der Waals surface area (Å²) in [6.45, 7) is 1.77. The molecular formula is C8H11ClN4. The molecule has 2 rings (SSSR count). The molecule has 13 heavy (non-hydrogen) atoms. The molecule has 2 N–H and O–H groups in total. The molecule has 0 radical (unpaired) electrons. The van der Waals surface area contributed by atoms with E-state index in [1.54, 1.807) is 12.4 Å². The van der Waals surface area contributed by atoms with Crippen LogP contribution in [0.3, 0.4) is 0 Å². The molecule has 0 amide bonds. The lowest BCUT2D eigenvalue weighted by Gasteiger charge is -2.14. The number of hydrogen-bond donors (Lipinski definition) is 1. The van der Waals surface area contributed by atoms with Gasteiger partial charge in [-0.1, -0.05) is 11.6 Å². The fraction of sp³-hybridized carbons (Fsp3) is 0.500. The van der Waals surface area contributed by atoms with E-state index in [0.717, 1.165) is 25.5 Å². The van der Waals surface area contributed by atoms with Crippen LogP contribution in [0, 0.1) is 0 Å². The quantitative estimate of drug-likeness (QED) is 0.721. The van der Waals surface area contributed by atoms with E-state index in [9.17, 15) is 0 Å². The fourth-order valence-electron chi connectivity index (χ4n) is 1.44. The Bertz CT molecular complexity index is 287. The van der Waals surface area contributed by atoms with E-state index in [-0.39, 0.29) is 6.04 Å². The molecule has 1 saturated heterocycles. The average Bonchev–Trinajstić information content (AvgIpc) is 2.53. The van der Waals surface area contributed by atoms with Crippen LogP contribution < -0.4 is 10.6 Å². The topological polar surface area (TPSA) is 55.0 Å². The summed E-state index contributed by atoms with van der Waals surface area (Å²) in [5, 5.41) is 0.562. The normalized spacial score (nSPS) is 22.3. The highest BCUT2D eigenvalue weighted by Crippen LogP contribution is 2.15. The van der Waals surface area contributed by atoms with Crippen LogP contribution in [0.25, 0.3) is 0 Å². The Labute approximate surface area is 81.7 Å². The SMILES string of the molecule is N[C@H]1CCN(c2ncc(Cl)cn2)C1. The Hall–Kier alpha value is -0.870. The van der Waals surface area contributed by atoms with E-state index in [4.69, 9.17) is 17.3 Å². The molecule has 0 unspecified atom stereocenters. The van der Waals surface area contributed by atoms with Gasteiger partial charge in [0.05, 0.1) is 17.4 Å². The van der Waals surface area contributed by atoms with Crippen LogP contribution in [-0.4, -0.2) is 29.1 Å². The standard InChI is InChI=1S/C8H11ClN4/c9-6-3-11-8(12-4-6)13-2-1-7(10)5-13/h3-4,7H,1-2,5,10H2/t7-/m0/s1. The van der Waals surface area contributed by atoms with Gasteiger partial charge in [-0.05, 0) is 6.42 Å². The van der Waals surface area contributed by atoms with Gasteiger partial charge in [-0.25, -0.2) is 9.97 Å². The number of anilines is 1. The molecule has 2 heterocycles. The van der Waals surface area contributed by atoms with E-state index in [1.807, 2.05) is 0 Å². The van der Waals surface area contributed by atoms with Crippen molar-refractivity contribution in [2.45, 2.75) is 12.5 Å². The van der Waals surface area contributed by atoms with Crippen molar-refractivity contribution in [2.24, 2.45) is 5.73 Å². The van der Waals surface area contributed by atoms with Crippen molar-refractivity contribution in [3.8, 4) is 0 Å². The lowest BCUT2D eigenvalue weighted by Crippen LogP contribution is -2.27. The minimum Gasteiger partial charge on any atom is -0.339 e. The lowest BCUT2D eigenvalue weighted by atomic mass is 10.3. The van der Waals surface area contributed by atoms with E-state index >= 15 is 0 Å². The molecule has 1 aliphatic rings. The summed E-state index contributed by atoms with van der Waals surface area (Å²) in [4.78, 5) is 10.3. The summed E-state index contributed by atoms with van der Waals surface area (Å²) in [5.41, 5.74) is 5.77. The summed E-state index contributed by atoms with van der Waals surface area (Å²) in [7, 11) is 0. The maximum atomic E-state index is 5.77. The minimum atomic E-state index is 0.249. The van der Waals surface area contributed by atoms with Gasteiger partial charge in [0, 0.05) is 19.1 Å². The van der Waals surface area contributed by atoms with Crippen molar-refractivity contribution < 1.29 is 0 Å². The van der Waals surface area contributed by atoms with Gasteiger partial charge in [-0.2, -0.15) is 0 Å². The van der Waals surface area contributed by atoms with Crippen molar-refractivity contribution >= 4 is 17.5 Å². The van der Waals surface area contributed by atoms with E-state index in [2.05, 4.69) is 14.9 Å². The maximum Gasteiger partial charge on any atom is 0.225 e. The zero-order valence-electron chi connectivity index (χ0n) is 7.15. The summed E-state index contributed by atoms with van der Waals surface area (Å²) >= 11 is 5.68. The second-order valence-electron chi connectivity index (χ2n) is 3.20. The second-order valence-corrected chi connectivity index (χ2v) is 3.63. The van der Waals surface area contributed by atoms with Gasteiger partial charge in [0.2, 0.25) is 5.95 Å². The van der Waals surface area contributed by atoms with Crippen LogP contribution in [0.2, 0.25) is 5.02 Å². The molecule has 4 nitrogen and oxygen atoms in total. The highest BCUT2D eigenvalue weighted by Gasteiger charge is 2.20. The number of nitrogens with zero attached hydrogens (tertiary/aromatic N) is 3. The average molecular weight is 199 g/mol. The van der Waals surface area contributed by atoms with Gasteiger partial charge in [0.15, 0.2) is 0 Å². The zero-order valence-corrected chi connectivity index (χ0v) is 7.91. The van der Waals surface area contributed by atoms with Crippen LogP contribution in [0.5, 0.6) is 0 Å². The number of hydrogen-bond acceptors (Lipinski definition) is 4. The van der Waals surface area contributed by atoms with Gasteiger partial charge in [0.1, 0.15) is 0 Å². The Balaban J connectivity index is 2.13. The van der Waals surface area contributed by atoms with Gasteiger partial charge in [-0.3, -0.25) is 0 Å². The van der Waals surface area contributed by atoms with Crippen molar-refractivity contribution in [1.82, 2.24) is 9.97 Å². The summed E-state index contributed by atoms with van der Waals surface area (Å²) in [6, 6.07) is 0.249. The van der Waals surface area contributed by atoms with Crippen LogP contribution in [0.15, 0.2) is 12.4 Å². The van der Waals surface area contributed by atoms with Gasteiger partial charge in [-0.15, -0.1) is 0 Å². The molecular weight excluding hydrogens is 188 g/mol. The van der Waals surface area contributed by atoms with E-state index in [1.165, 1.54) is 0 Å². The van der Waals surface area contributed by atoms with Crippen molar-refractivity contribution in [3.05, 3.63) is 17.4 Å². The van der Waals surface area contributed by atoms with Crippen LogP contribution in [0.4, 0.5) is 5.95 Å². The van der Waals surface area contributed by atoms with Crippen LogP contribution >= 0.6 is 11.6 Å². The molecule has 70 valence electrons. The summed E-state index contributed by atoms with van der Waals surface area (Å²) < 4.78 is 0. The second kappa shape index (κ2) is 3.47. The molecule has 5 heteroatoms. The number of halogens is 1. The Morgan fingerprint density at radius 1 is 1.46 bits per heavy atom. The third-order valence-electron chi connectivity index (χ3n) is 2.11.